The van der Waals surface area contributed by atoms with Crippen molar-refractivity contribution in [3.63, 3.8) is 0 Å². The number of fused-ring (bicyclic) bond motifs is 3. The van der Waals surface area contributed by atoms with E-state index in [9.17, 15) is 0 Å². The SMILES string of the molecule is Cn1c2c(c3ccncc31)=CCNC=2. The van der Waals surface area contributed by atoms with Gasteiger partial charge in [-0.2, -0.15) is 0 Å². The Kier molecular flexibility index (Phi) is 1.42. The van der Waals surface area contributed by atoms with Crippen LogP contribution in [0.3, 0.4) is 0 Å². The lowest BCUT2D eigenvalue weighted by Gasteiger charge is -2.00. The van der Waals surface area contributed by atoms with Gasteiger partial charge in [-0.3, -0.25) is 4.98 Å². The molecule has 14 heavy (non-hydrogen) atoms. The van der Waals surface area contributed by atoms with Crippen molar-refractivity contribution in [3.8, 4) is 0 Å². The van der Waals surface area contributed by atoms with Crippen molar-refractivity contribution in [3.05, 3.63) is 29.0 Å². The van der Waals surface area contributed by atoms with E-state index in [0.29, 0.717) is 0 Å². The molecule has 2 aromatic heterocycles. The molecule has 0 fully saturated rings. The lowest BCUT2D eigenvalue weighted by atomic mass is 10.2. The summed E-state index contributed by atoms with van der Waals surface area (Å²) in [6.45, 7) is 0.911. The van der Waals surface area contributed by atoms with Crippen LogP contribution in [0.2, 0.25) is 0 Å². The molecule has 1 aliphatic heterocycles. The summed E-state index contributed by atoms with van der Waals surface area (Å²) in [5.41, 5.74) is 1.19. The first-order valence-corrected chi connectivity index (χ1v) is 4.70. The molecule has 3 nitrogen and oxygen atoms in total. The van der Waals surface area contributed by atoms with E-state index in [1.165, 1.54) is 21.5 Å². The maximum Gasteiger partial charge on any atom is 0.0675 e. The summed E-state index contributed by atoms with van der Waals surface area (Å²) >= 11 is 0. The zero-order valence-corrected chi connectivity index (χ0v) is 7.99. The van der Waals surface area contributed by atoms with Gasteiger partial charge in [-0.25, -0.2) is 0 Å². The summed E-state index contributed by atoms with van der Waals surface area (Å²) in [5.74, 6) is 0. The van der Waals surface area contributed by atoms with Crippen molar-refractivity contribution < 1.29 is 0 Å². The van der Waals surface area contributed by atoms with E-state index in [1.807, 2.05) is 12.4 Å². The zero-order chi connectivity index (χ0) is 9.54. The highest BCUT2D eigenvalue weighted by Crippen LogP contribution is 2.04. The van der Waals surface area contributed by atoms with E-state index in [4.69, 9.17) is 0 Å². The smallest absolute Gasteiger partial charge is 0.0675 e. The summed E-state index contributed by atoms with van der Waals surface area (Å²) in [6.07, 6.45) is 8.04. The topological polar surface area (TPSA) is 29.9 Å². The van der Waals surface area contributed by atoms with Crippen molar-refractivity contribution in [1.29, 1.82) is 0 Å². The maximum absolute atomic E-state index is 4.15. The van der Waals surface area contributed by atoms with Gasteiger partial charge in [-0.1, -0.05) is 6.08 Å². The summed E-state index contributed by atoms with van der Waals surface area (Å²) in [5, 5.41) is 7.07. The molecular weight excluding hydrogens is 174 g/mol. The highest BCUT2D eigenvalue weighted by atomic mass is 15.0. The Morgan fingerprint density at radius 3 is 3.36 bits per heavy atom. The van der Waals surface area contributed by atoms with Crippen LogP contribution in [0.25, 0.3) is 23.2 Å². The highest BCUT2D eigenvalue weighted by Gasteiger charge is 2.05. The van der Waals surface area contributed by atoms with Crippen molar-refractivity contribution in [2.24, 2.45) is 7.05 Å². The molecule has 0 amide bonds. The predicted molar refractivity (Wildman–Crippen MR) is 56.9 cm³/mol. The van der Waals surface area contributed by atoms with E-state index < -0.39 is 0 Å². The number of hydrogen-bond acceptors (Lipinski definition) is 2. The molecule has 0 aromatic carbocycles. The standard InChI is InChI=1S/C11H11N3/c1-14-10-6-12-4-2-8(10)9-3-5-13-7-11(9)14/h2-4,6-7,13H,5H2,1H3. The number of aryl methyl sites for hydroxylation is 1. The van der Waals surface area contributed by atoms with Gasteiger partial charge in [0, 0.05) is 36.6 Å². The molecule has 3 heterocycles. The average Bonchev–Trinajstić information content (AvgIpc) is 2.55. The van der Waals surface area contributed by atoms with Gasteiger partial charge in [-0.05, 0) is 6.07 Å². The van der Waals surface area contributed by atoms with Crippen molar-refractivity contribution >= 4 is 23.2 Å². The monoisotopic (exact) mass is 185 g/mol. The molecule has 0 bridgehead atoms. The molecule has 0 aliphatic carbocycles. The first-order valence-electron chi connectivity index (χ1n) is 4.70. The molecule has 1 aliphatic rings. The van der Waals surface area contributed by atoms with Crippen LogP contribution in [-0.2, 0) is 7.05 Å². The molecule has 3 rings (SSSR count). The molecule has 0 saturated heterocycles. The molecule has 0 spiro atoms. The number of pyridine rings is 1. The normalized spacial score (nSPS) is 14.1. The Morgan fingerprint density at radius 1 is 1.50 bits per heavy atom. The average molecular weight is 185 g/mol. The third kappa shape index (κ3) is 0.839. The number of hydrogen-bond donors (Lipinski definition) is 1. The summed E-state index contributed by atoms with van der Waals surface area (Å²) < 4.78 is 2.17. The Bertz CT molecular complexity index is 607. The van der Waals surface area contributed by atoms with E-state index in [0.717, 1.165) is 6.54 Å². The second-order valence-electron chi connectivity index (χ2n) is 3.51. The van der Waals surface area contributed by atoms with Crippen LogP contribution >= 0.6 is 0 Å². The maximum atomic E-state index is 4.15. The minimum absolute atomic E-state index is 0.911. The van der Waals surface area contributed by atoms with Crippen molar-refractivity contribution in [2.45, 2.75) is 0 Å². The third-order valence-electron chi connectivity index (χ3n) is 2.75. The third-order valence-corrected chi connectivity index (χ3v) is 2.75. The van der Waals surface area contributed by atoms with Gasteiger partial charge in [0.2, 0.25) is 0 Å². The molecule has 0 saturated carbocycles. The van der Waals surface area contributed by atoms with E-state index in [-0.39, 0.29) is 0 Å². The van der Waals surface area contributed by atoms with Crippen molar-refractivity contribution in [1.82, 2.24) is 14.9 Å². The molecule has 70 valence electrons. The fraction of sp³-hybridized carbons (Fsp3) is 0.182. The molecule has 0 radical (unpaired) electrons. The molecule has 0 atom stereocenters. The first kappa shape index (κ1) is 7.62. The Labute approximate surface area is 81.4 Å². The molecule has 2 aromatic rings. The van der Waals surface area contributed by atoms with E-state index >= 15 is 0 Å². The van der Waals surface area contributed by atoms with Crippen LogP contribution in [0.5, 0.6) is 0 Å². The van der Waals surface area contributed by atoms with Gasteiger partial charge in [0.15, 0.2) is 0 Å². The van der Waals surface area contributed by atoms with Gasteiger partial charge in [0.1, 0.15) is 0 Å². The van der Waals surface area contributed by atoms with Crippen LogP contribution < -0.4 is 15.9 Å². The predicted octanol–water partition coefficient (Wildman–Crippen LogP) is -0.305. The van der Waals surface area contributed by atoms with E-state index in [1.54, 1.807) is 0 Å². The van der Waals surface area contributed by atoms with E-state index in [2.05, 4.69) is 40.3 Å². The van der Waals surface area contributed by atoms with Crippen LogP contribution in [0.15, 0.2) is 18.5 Å². The second kappa shape index (κ2) is 2.61. The Balaban J connectivity index is 2.68. The number of nitrogens with one attached hydrogen (secondary N) is 1. The lowest BCUT2D eigenvalue weighted by molar-refractivity contribution is 0.899. The second-order valence-corrected chi connectivity index (χ2v) is 3.51. The Morgan fingerprint density at radius 2 is 2.43 bits per heavy atom. The van der Waals surface area contributed by atoms with Crippen molar-refractivity contribution in [2.75, 3.05) is 6.54 Å². The molecular formula is C11H11N3. The van der Waals surface area contributed by atoms with Crippen LogP contribution in [0.1, 0.15) is 0 Å². The van der Waals surface area contributed by atoms with Crippen LogP contribution in [0, 0.1) is 0 Å². The molecule has 0 unspecified atom stereocenters. The van der Waals surface area contributed by atoms with Gasteiger partial charge < -0.3 is 9.88 Å². The van der Waals surface area contributed by atoms with Gasteiger partial charge in [0.05, 0.1) is 17.1 Å². The minimum atomic E-state index is 0.911. The fourth-order valence-corrected chi connectivity index (χ4v) is 2.04. The summed E-state index contributed by atoms with van der Waals surface area (Å²) in [7, 11) is 2.07. The largest absolute Gasteiger partial charge is 0.386 e. The highest BCUT2D eigenvalue weighted by molar-refractivity contribution is 5.81. The number of nitrogens with zero attached hydrogens (tertiary/aromatic N) is 2. The zero-order valence-electron chi connectivity index (χ0n) is 7.99. The van der Waals surface area contributed by atoms with Gasteiger partial charge in [0.25, 0.3) is 0 Å². The minimum Gasteiger partial charge on any atom is -0.386 e. The fourth-order valence-electron chi connectivity index (χ4n) is 2.04. The Hall–Kier alpha value is -1.77. The summed E-state index contributed by atoms with van der Waals surface area (Å²) in [6, 6.07) is 2.07. The number of aromatic nitrogens is 2. The van der Waals surface area contributed by atoms with Gasteiger partial charge in [-0.15, -0.1) is 0 Å². The number of rotatable bonds is 0. The lowest BCUT2D eigenvalue weighted by Crippen LogP contribution is -2.35. The summed E-state index contributed by atoms with van der Waals surface area (Å²) in [4.78, 5) is 4.15. The van der Waals surface area contributed by atoms with Crippen LogP contribution in [0.4, 0.5) is 0 Å². The molecule has 1 N–H and O–H groups in total. The van der Waals surface area contributed by atoms with Gasteiger partial charge >= 0.3 is 0 Å². The van der Waals surface area contributed by atoms with Crippen LogP contribution in [-0.4, -0.2) is 16.1 Å². The quantitative estimate of drug-likeness (QED) is 0.610. The molecule has 3 heteroatoms. The first-order chi connectivity index (χ1) is 6.88.